The Morgan fingerprint density at radius 2 is 2.30 bits per heavy atom. The molecule has 0 heterocycles. The summed E-state index contributed by atoms with van der Waals surface area (Å²) in [7, 11) is 1.54. The molecule has 1 amide bonds. The van der Waals surface area contributed by atoms with Crippen molar-refractivity contribution in [2.45, 2.75) is 6.92 Å². The van der Waals surface area contributed by atoms with Gasteiger partial charge in [0.15, 0.2) is 0 Å². The van der Waals surface area contributed by atoms with Crippen molar-refractivity contribution in [3.05, 3.63) is 35.5 Å². The standard InChI is InChI=1S/C14H18N4O2/c1-10-3-4-13(12(16)7-10)18-9-11(8-15)14(19)17-5-6-20-2/h3-4,7,9,18H,5-6,16H2,1-2H3,(H,17,19)/b11-9-. The average Bonchev–Trinajstić information content (AvgIpc) is 2.42. The summed E-state index contributed by atoms with van der Waals surface area (Å²) in [5.41, 5.74) is 8.04. The molecule has 0 aliphatic rings. The largest absolute Gasteiger partial charge is 0.397 e. The van der Waals surface area contributed by atoms with Gasteiger partial charge in [0.2, 0.25) is 0 Å². The lowest BCUT2D eigenvalue weighted by Crippen LogP contribution is -2.28. The molecule has 0 unspecified atom stereocenters. The van der Waals surface area contributed by atoms with E-state index in [2.05, 4.69) is 10.6 Å². The highest BCUT2D eigenvalue weighted by Gasteiger charge is 2.08. The quantitative estimate of drug-likeness (QED) is 0.313. The van der Waals surface area contributed by atoms with Crippen LogP contribution < -0.4 is 16.4 Å². The molecule has 0 bridgehead atoms. The second-order valence-electron chi connectivity index (χ2n) is 4.15. The summed E-state index contributed by atoms with van der Waals surface area (Å²) in [5.74, 6) is -0.456. The molecule has 0 spiro atoms. The predicted octanol–water partition coefficient (Wildman–Crippen LogP) is 1.16. The maximum atomic E-state index is 11.7. The van der Waals surface area contributed by atoms with Gasteiger partial charge in [0.1, 0.15) is 11.6 Å². The molecule has 0 fully saturated rings. The second kappa shape index (κ2) is 7.81. The first-order valence-corrected chi connectivity index (χ1v) is 6.08. The lowest BCUT2D eigenvalue weighted by Gasteiger charge is -2.07. The molecule has 0 saturated heterocycles. The highest BCUT2D eigenvalue weighted by atomic mass is 16.5. The molecular formula is C14H18N4O2. The number of nitriles is 1. The second-order valence-corrected chi connectivity index (χ2v) is 4.15. The van der Waals surface area contributed by atoms with Gasteiger partial charge in [0.25, 0.3) is 5.91 Å². The number of ether oxygens (including phenoxy) is 1. The number of rotatable bonds is 6. The number of carbonyl (C=O) groups is 1. The first-order valence-electron chi connectivity index (χ1n) is 6.08. The predicted molar refractivity (Wildman–Crippen MR) is 77.8 cm³/mol. The molecule has 1 aromatic rings. The summed E-state index contributed by atoms with van der Waals surface area (Å²) in [6.45, 7) is 2.67. The average molecular weight is 274 g/mol. The van der Waals surface area contributed by atoms with Crippen LogP contribution in [-0.4, -0.2) is 26.2 Å². The smallest absolute Gasteiger partial charge is 0.263 e. The molecule has 106 valence electrons. The van der Waals surface area contributed by atoms with Gasteiger partial charge in [-0.3, -0.25) is 4.79 Å². The fourth-order valence-electron chi connectivity index (χ4n) is 1.47. The van der Waals surface area contributed by atoms with E-state index in [-0.39, 0.29) is 5.57 Å². The molecule has 0 aliphatic carbocycles. The summed E-state index contributed by atoms with van der Waals surface area (Å²) in [4.78, 5) is 11.7. The Bertz CT molecular complexity index is 547. The van der Waals surface area contributed by atoms with E-state index in [9.17, 15) is 4.79 Å². The molecule has 20 heavy (non-hydrogen) atoms. The van der Waals surface area contributed by atoms with Gasteiger partial charge < -0.3 is 21.1 Å². The topological polar surface area (TPSA) is 100 Å². The summed E-state index contributed by atoms with van der Waals surface area (Å²) in [6, 6.07) is 7.32. The number of anilines is 2. The van der Waals surface area contributed by atoms with Gasteiger partial charge in [0, 0.05) is 19.9 Å². The molecule has 1 aromatic carbocycles. The lowest BCUT2D eigenvalue weighted by molar-refractivity contribution is -0.117. The number of nitrogens with two attached hydrogens (primary N) is 1. The fraction of sp³-hybridized carbons (Fsp3) is 0.286. The zero-order valence-corrected chi connectivity index (χ0v) is 11.6. The van der Waals surface area contributed by atoms with Crippen LogP contribution in [0.2, 0.25) is 0 Å². The number of methoxy groups -OCH3 is 1. The van der Waals surface area contributed by atoms with Crippen molar-refractivity contribution in [1.82, 2.24) is 5.32 Å². The lowest BCUT2D eigenvalue weighted by atomic mass is 10.2. The third-order valence-corrected chi connectivity index (χ3v) is 2.54. The SMILES string of the molecule is COCCNC(=O)/C(C#N)=C\Nc1ccc(C)cc1N. The third-order valence-electron chi connectivity index (χ3n) is 2.54. The van der Waals surface area contributed by atoms with Crippen molar-refractivity contribution in [2.75, 3.05) is 31.3 Å². The summed E-state index contributed by atoms with van der Waals surface area (Å²) in [6.07, 6.45) is 1.34. The van der Waals surface area contributed by atoms with E-state index >= 15 is 0 Å². The monoisotopic (exact) mass is 274 g/mol. The molecule has 6 nitrogen and oxygen atoms in total. The van der Waals surface area contributed by atoms with Gasteiger partial charge in [0.05, 0.1) is 18.0 Å². The molecule has 0 saturated carbocycles. The summed E-state index contributed by atoms with van der Waals surface area (Å²) < 4.78 is 4.81. The van der Waals surface area contributed by atoms with Crippen molar-refractivity contribution in [1.29, 1.82) is 5.26 Å². The van der Waals surface area contributed by atoms with E-state index in [4.69, 9.17) is 15.7 Å². The van der Waals surface area contributed by atoms with Crippen LogP contribution in [0.3, 0.4) is 0 Å². The molecular weight excluding hydrogens is 256 g/mol. The molecule has 1 rings (SSSR count). The van der Waals surface area contributed by atoms with Crippen molar-refractivity contribution >= 4 is 17.3 Å². The van der Waals surface area contributed by atoms with Gasteiger partial charge in [-0.1, -0.05) is 6.07 Å². The molecule has 0 radical (unpaired) electrons. The molecule has 6 heteroatoms. The van der Waals surface area contributed by atoms with Gasteiger partial charge in [-0.2, -0.15) is 5.26 Å². The number of aryl methyl sites for hydroxylation is 1. The minimum Gasteiger partial charge on any atom is -0.397 e. The number of hydrogen-bond acceptors (Lipinski definition) is 5. The Kier molecular flexibility index (Phi) is 6.07. The van der Waals surface area contributed by atoms with Crippen LogP contribution in [0.25, 0.3) is 0 Å². The zero-order chi connectivity index (χ0) is 15.0. The van der Waals surface area contributed by atoms with E-state index in [0.717, 1.165) is 5.56 Å². The van der Waals surface area contributed by atoms with Gasteiger partial charge in [-0.25, -0.2) is 0 Å². The Labute approximate surface area is 118 Å². The van der Waals surface area contributed by atoms with E-state index < -0.39 is 5.91 Å². The highest BCUT2D eigenvalue weighted by Crippen LogP contribution is 2.19. The number of carbonyl (C=O) groups excluding carboxylic acids is 1. The summed E-state index contributed by atoms with van der Waals surface area (Å²) >= 11 is 0. The number of benzene rings is 1. The minimum absolute atomic E-state index is 0.0268. The van der Waals surface area contributed by atoms with Crippen molar-refractivity contribution in [2.24, 2.45) is 0 Å². The third kappa shape index (κ3) is 4.63. The van der Waals surface area contributed by atoms with Crippen LogP contribution in [0, 0.1) is 18.3 Å². The number of nitrogen functional groups attached to an aromatic ring is 1. The Morgan fingerprint density at radius 1 is 1.55 bits per heavy atom. The van der Waals surface area contributed by atoms with Crippen molar-refractivity contribution in [3.63, 3.8) is 0 Å². The van der Waals surface area contributed by atoms with Crippen LogP contribution >= 0.6 is 0 Å². The number of nitrogens with one attached hydrogen (secondary N) is 2. The van der Waals surface area contributed by atoms with Crippen LogP contribution in [-0.2, 0) is 9.53 Å². The summed E-state index contributed by atoms with van der Waals surface area (Å²) in [5, 5.41) is 14.4. The van der Waals surface area contributed by atoms with Gasteiger partial charge >= 0.3 is 0 Å². The highest BCUT2D eigenvalue weighted by molar-refractivity contribution is 5.97. The number of nitrogens with zero attached hydrogens (tertiary/aromatic N) is 1. The normalized spacial score (nSPS) is 10.8. The van der Waals surface area contributed by atoms with Crippen LogP contribution in [0.15, 0.2) is 30.0 Å². The van der Waals surface area contributed by atoms with Crippen molar-refractivity contribution < 1.29 is 9.53 Å². The van der Waals surface area contributed by atoms with Crippen molar-refractivity contribution in [3.8, 4) is 6.07 Å². The van der Waals surface area contributed by atoms with Gasteiger partial charge in [-0.05, 0) is 24.6 Å². The molecule has 0 atom stereocenters. The van der Waals surface area contributed by atoms with Gasteiger partial charge in [-0.15, -0.1) is 0 Å². The van der Waals surface area contributed by atoms with Crippen LogP contribution in [0.5, 0.6) is 0 Å². The first kappa shape index (κ1) is 15.5. The Balaban J connectivity index is 2.70. The van der Waals surface area contributed by atoms with E-state index in [1.54, 1.807) is 12.1 Å². The fourth-order valence-corrected chi connectivity index (χ4v) is 1.47. The number of hydrogen-bond donors (Lipinski definition) is 3. The van der Waals surface area contributed by atoms with E-state index in [0.29, 0.717) is 24.5 Å². The van der Waals surface area contributed by atoms with Crippen LogP contribution in [0.1, 0.15) is 5.56 Å². The Morgan fingerprint density at radius 3 is 2.90 bits per heavy atom. The van der Waals surface area contributed by atoms with E-state index in [1.165, 1.54) is 13.3 Å². The molecule has 0 aromatic heterocycles. The molecule has 0 aliphatic heterocycles. The Hall–Kier alpha value is -2.52. The first-order chi connectivity index (χ1) is 9.58. The maximum absolute atomic E-state index is 11.7. The van der Waals surface area contributed by atoms with Crippen LogP contribution in [0.4, 0.5) is 11.4 Å². The van der Waals surface area contributed by atoms with E-state index in [1.807, 2.05) is 19.1 Å². The maximum Gasteiger partial charge on any atom is 0.263 e. The number of amides is 1. The zero-order valence-electron chi connectivity index (χ0n) is 11.6. The minimum atomic E-state index is -0.456. The molecule has 4 N–H and O–H groups in total.